The van der Waals surface area contributed by atoms with Gasteiger partial charge in [-0.25, -0.2) is 9.18 Å². The molecule has 1 N–H and O–H groups in total. The molecule has 1 heterocycles. The molecule has 0 radical (unpaired) electrons. The first-order chi connectivity index (χ1) is 12.3. The van der Waals surface area contributed by atoms with Crippen LogP contribution >= 0.6 is 0 Å². The number of ether oxygens (including phenoxy) is 1. The first-order valence-corrected chi connectivity index (χ1v) is 8.19. The Labute approximate surface area is 151 Å². The molecule has 1 amide bonds. The largest absolute Gasteiger partial charge is 0.449 e. The summed E-state index contributed by atoms with van der Waals surface area (Å²) in [4.78, 5) is 23.9. The number of aromatic nitrogens is 2. The molecule has 1 atom stereocenters. The molecule has 0 spiro atoms. The van der Waals surface area contributed by atoms with Crippen LogP contribution in [0.15, 0.2) is 30.3 Å². The zero-order valence-corrected chi connectivity index (χ0v) is 15.2. The van der Waals surface area contributed by atoms with Gasteiger partial charge in [0, 0.05) is 30.9 Å². The van der Waals surface area contributed by atoms with Gasteiger partial charge in [-0.3, -0.25) is 9.48 Å². The lowest BCUT2D eigenvalue weighted by molar-refractivity contribution is -0.150. The Morgan fingerprint density at radius 2 is 1.96 bits per heavy atom. The Hall–Kier alpha value is -2.96. The fourth-order valence-electron chi connectivity index (χ4n) is 2.38. The highest BCUT2D eigenvalue weighted by Crippen LogP contribution is 2.13. The van der Waals surface area contributed by atoms with Crippen LogP contribution in [0.1, 0.15) is 29.4 Å². The molecule has 2 aromatic rings. The maximum Gasteiger partial charge on any atom is 0.331 e. The van der Waals surface area contributed by atoms with E-state index < -0.39 is 18.0 Å². The van der Waals surface area contributed by atoms with Gasteiger partial charge in [-0.15, -0.1) is 0 Å². The number of halogens is 1. The van der Waals surface area contributed by atoms with E-state index >= 15 is 0 Å². The number of nitrogens with zero attached hydrogens (tertiary/aromatic N) is 2. The highest BCUT2D eigenvalue weighted by Gasteiger charge is 2.16. The molecule has 1 aromatic heterocycles. The molecule has 0 bridgehead atoms. The minimum Gasteiger partial charge on any atom is -0.449 e. The van der Waals surface area contributed by atoms with Crippen LogP contribution in [0.5, 0.6) is 0 Å². The van der Waals surface area contributed by atoms with Crippen LogP contribution in [0.3, 0.4) is 0 Å². The van der Waals surface area contributed by atoms with Crippen molar-refractivity contribution in [1.82, 2.24) is 15.1 Å². The van der Waals surface area contributed by atoms with Crippen molar-refractivity contribution < 1.29 is 18.7 Å². The van der Waals surface area contributed by atoms with Gasteiger partial charge in [0.05, 0.1) is 5.69 Å². The van der Waals surface area contributed by atoms with E-state index in [0.717, 1.165) is 22.5 Å². The second kappa shape index (κ2) is 8.42. The predicted molar refractivity (Wildman–Crippen MR) is 95.5 cm³/mol. The molecule has 1 aromatic carbocycles. The lowest BCUT2D eigenvalue weighted by atomic mass is 10.2. The van der Waals surface area contributed by atoms with Crippen LogP contribution in [0.4, 0.5) is 4.39 Å². The summed E-state index contributed by atoms with van der Waals surface area (Å²) < 4.78 is 19.7. The maximum absolute atomic E-state index is 12.8. The summed E-state index contributed by atoms with van der Waals surface area (Å²) in [5.74, 6) is -1.38. The van der Waals surface area contributed by atoms with Crippen molar-refractivity contribution in [3.63, 3.8) is 0 Å². The second-order valence-corrected chi connectivity index (χ2v) is 5.96. The standard InChI is InChI=1S/C19H22FN3O3/c1-12-17(13(2)23(4)22-12)9-10-18(24)26-14(3)19(25)21-11-15-5-7-16(20)8-6-15/h5-10,14H,11H2,1-4H3,(H,21,25)/b10-9+/t14-/m0/s1. The summed E-state index contributed by atoms with van der Waals surface area (Å²) in [6.45, 7) is 5.47. The second-order valence-electron chi connectivity index (χ2n) is 5.96. The van der Waals surface area contributed by atoms with E-state index in [1.807, 2.05) is 20.9 Å². The minimum atomic E-state index is -0.941. The van der Waals surface area contributed by atoms with E-state index in [1.54, 1.807) is 22.9 Å². The molecule has 0 saturated carbocycles. The average Bonchev–Trinajstić information content (AvgIpc) is 2.84. The van der Waals surface area contributed by atoms with Crippen molar-refractivity contribution in [2.45, 2.75) is 33.4 Å². The van der Waals surface area contributed by atoms with E-state index in [9.17, 15) is 14.0 Å². The van der Waals surface area contributed by atoms with Crippen molar-refractivity contribution in [1.29, 1.82) is 0 Å². The summed E-state index contributed by atoms with van der Waals surface area (Å²) in [6, 6.07) is 5.79. The van der Waals surface area contributed by atoms with E-state index in [-0.39, 0.29) is 12.4 Å². The molecule has 2 rings (SSSR count). The lowest BCUT2D eigenvalue weighted by Crippen LogP contribution is -2.35. The van der Waals surface area contributed by atoms with Gasteiger partial charge in [0.25, 0.3) is 5.91 Å². The number of rotatable bonds is 6. The molecule has 138 valence electrons. The molecular weight excluding hydrogens is 337 g/mol. The van der Waals surface area contributed by atoms with Crippen LogP contribution < -0.4 is 5.32 Å². The molecule has 0 aliphatic heterocycles. The number of carbonyl (C=O) groups excluding carboxylic acids is 2. The van der Waals surface area contributed by atoms with E-state index in [1.165, 1.54) is 25.1 Å². The van der Waals surface area contributed by atoms with Crippen LogP contribution in [-0.4, -0.2) is 27.8 Å². The monoisotopic (exact) mass is 359 g/mol. The molecule has 0 aliphatic carbocycles. The number of carbonyl (C=O) groups is 2. The number of nitrogens with one attached hydrogen (secondary N) is 1. The zero-order chi connectivity index (χ0) is 19.3. The topological polar surface area (TPSA) is 73.2 Å². The Morgan fingerprint density at radius 1 is 1.31 bits per heavy atom. The quantitative estimate of drug-likeness (QED) is 0.635. The molecule has 0 unspecified atom stereocenters. The normalized spacial score (nSPS) is 12.2. The predicted octanol–water partition coefficient (Wildman–Crippen LogP) is 2.44. The van der Waals surface area contributed by atoms with Gasteiger partial charge in [0.1, 0.15) is 5.82 Å². The van der Waals surface area contributed by atoms with Crippen LogP contribution in [0, 0.1) is 19.7 Å². The third-order valence-electron chi connectivity index (χ3n) is 3.99. The van der Waals surface area contributed by atoms with Gasteiger partial charge in [-0.1, -0.05) is 12.1 Å². The summed E-state index contributed by atoms with van der Waals surface area (Å²) in [5.41, 5.74) is 3.33. The van der Waals surface area contributed by atoms with Gasteiger partial charge in [0.15, 0.2) is 6.10 Å². The Bertz CT molecular complexity index is 825. The SMILES string of the molecule is Cc1nn(C)c(C)c1/C=C/C(=O)O[C@@H](C)C(=O)NCc1ccc(F)cc1. The van der Waals surface area contributed by atoms with Crippen molar-refractivity contribution in [3.8, 4) is 0 Å². The Balaban J connectivity index is 1.86. The first-order valence-electron chi connectivity index (χ1n) is 8.19. The molecular formula is C19H22FN3O3. The van der Waals surface area contributed by atoms with Gasteiger partial charge < -0.3 is 10.1 Å². The molecule has 0 saturated heterocycles. The van der Waals surface area contributed by atoms with Crippen molar-refractivity contribution in [2.75, 3.05) is 0 Å². The van der Waals surface area contributed by atoms with Gasteiger partial charge in [-0.05, 0) is 44.5 Å². The highest BCUT2D eigenvalue weighted by atomic mass is 19.1. The van der Waals surface area contributed by atoms with Crippen molar-refractivity contribution in [2.24, 2.45) is 7.05 Å². The number of benzene rings is 1. The first kappa shape index (κ1) is 19.4. The summed E-state index contributed by atoms with van der Waals surface area (Å²) >= 11 is 0. The van der Waals surface area contributed by atoms with E-state index in [4.69, 9.17) is 4.74 Å². The molecule has 7 heteroatoms. The third kappa shape index (κ3) is 5.02. The highest BCUT2D eigenvalue weighted by molar-refractivity contribution is 5.90. The number of aryl methyl sites for hydroxylation is 2. The molecule has 26 heavy (non-hydrogen) atoms. The lowest BCUT2D eigenvalue weighted by Gasteiger charge is -2.12. The van der Waals surface area contributed by atoms with Gasteiger partial charge in [0.2, 0.25) is 0 Å². The summed E-state index contributed by atoms with van der Waals surface area (Å²) in [5, 5.41) is 6.90. The fraction of sp³-hybridized carbons (Fsp3) is 0.316. The number of hydrogen-bond donors (Lipinski definition) is 1. The summed E-state index contributed by atoms with van der Waals surface area (Å²) in [7, 11) is 1.82. The maximum atomic E-state index is 12.8. The Kier molecular flexibility index (Phi) is 6.27. The van der Waals surface area contributed by atoms with Crippen LogP contribution in [0.25, 0.3) is 6.08 Å². The summed E-state index contributed by atoms with van der Waals surface area (Å²) in [6.07, 6.45) is 1.97. The Morgan fingerprint density at radius 3 is 2.54 bits per heavy atom. The van der Waals surface area contributed by atoms with Gasteiger partial charge in [-0.2, -0.15) is 5.10 Å². The molecule has 0 aliphatic rings. The molecule has 6 nitrogen and oxygen atoms in total. The minimum absolute atomic E-state index is 0.227. The van der Waals surface area contributed by atoms with Crippen LogP contribution in [-0.2, 0) is 27.9 Å². The number of hydrogen-bond acceptors (Lipinski definition) is 4. The average molecular weight is 359 g/mol. The van der Waals surface area contributed by atoms with E-state index in [0.29, 0.717) is 0 Å². The number of esters is 1. The number of amides is 1. The zero-order valence-electron chi connectivity index (χ0n) is 15.2. The van der Waals surface area contributed by atoms with E-state index in [2.05, 4.69) is 10.4 Å². The smallest absolute Gasteiger partial charge is 0.331 e. The van der Waals surface area contributed by atoms with Crippen molar-refractivity contribution in [3.05, 3.63) is 58.7 Å². The van der Waals surface area contributed by atoms with Crippen molar-refractivity contribution >= 4 is 18.0 Å². The fourth-order valence-corrected chi connectivity index (χ4v) is 2.38. The van der Waals surface area contributed by atoms with Crippen LogP contribution in [0.2, 0.25) is 0 Å². The molecule has 0 fully saturated rings. The van der Waals surface area contributed by atoms with Gasteiger partial charge >= 0.3 is 5.97 Å². The third-order valence-corrected chi connectivity index (χ3v) is 3.99.